The molecule has 0 aliphatic heterocycles. The van der Waals surface area contributed by atoms with Gasteiger partial charge in [0.2, 0.25) is 0 Å². The van der Waals surface area contributed by atoms with Crippen molar-refractivity contribution in [3.05, 3.63) is 12.7 Å². The Kier molecular flexibility index (Phi) is 4.14. The standard InChI is InChI=1S/C6H9F3O2/c1-3-4-5(10-2)11-6(7,8)9/h3,5H,1,4H2,2H3. The van der Waals surface area contributed by atoms with Crippen LogP contribution in [0.2, 0.25) is 0 Å². The van der Waals surface area contributed by atoms with Crippen LogP contribution in [0, 0.1) is 0 Å². The van der Waals surface area contributed by atoms with E-state index in [0.717, 1.165) is 7.11 Å². The van der Waals surface area contributed by atoms with Gasteiger partial charge in [-0.3, -0.25) is 4.74 Å². The maximum absolute atomic E-state index is 11.5. The molecule has 66 valence electrons. The van der Waals surface area contributed by atoms with Gasteiger partial charge in [-0.05, 0) is 0 Å². The first-order valence-corrected chi connectivity index (χ1v) is 2.88. The largest absolute Gasteiger partial charge is 0.524 e. The highest BCUT2D eigenvalue weighted by Crippen LogP contribution is 2.20. The topological polar surface area (TPSA) is 18.5 Å². The molecule has 0 aromatic carbocycles. The van der Waals surface area contributed by atoms with E-state index in [1.807, 2.05) is 0 Å². The summed E-state index contributed by atoms with van der Waals surface area (Å²) in [6.07, 6.45) is -4.63. The van der Waals surface area contributed by atoms with Crippen molar-refractivity contribution >= 4 is 0 Å². The summed E-state index contributed by atoms with van der Waals surface area (Å²) in [4.78, 5) is 0. The number of ether oxygens (including phenoxy) is 2. The van der Waals surface area contributed by atoms with Crippen molar-refractivity contribution in [1.29, 1.82) is 0 Å². The van der Waals surface area contributed by atoms with Crippen molar-refractivity contribution in [1.82, 2.24) is 0 Å². The van der Waals surface area contributed by atoms with Crippen molar-refractivity contribution in [2.45, 2.75) is 19.1 Å². The molecule has 0 rings (SSSR count). The average molecular weight is 170 g/mol. The number of rotatable bonds is 4. The molecule has 1 atom stereocenters. The van der Waals surface area contributed by atoms with E-state index in [9.17, 15) is 13.2 Å². The molecule has 0 aliphatic rings. The van der Waals surface area contributed by atoms with E-state index in [1.165, 1.54) is 6.08 Å². The van der Waals surface area contributed by atoms with Crippen LogP contribution in [0.3, 0.4) is 0 Å². The van der Waals surface area contributed by atoms with Gasteiger partial charge in [0.25, 0.3) is 0 Å². The number of alkyl halides is 3. The Balaban J connectivity index is 3.77. The van der Waals surface area contributed by atoms with Gasteiger partial charge in [0.1, 0.15) is 0 Å². The van der Waals surface area contributed by atoms with Gasteiger partial charge in [-0.2, -0.15) is 0 Å². The molecule has 2 nitrogen and oxygen atoms in total. The third-order valence-electron chi connectivity index (χ3n) is 0.887. The van der Waals surface area contributed by atoms with Crippen LogP contribution in [0.15, 0.2) is 12.7 Å². The molecule has 0 fully saturated rings. The van der Waals surface area contributed by atoms with Crippen molar-refractivity contribution in [2.24, 2.45) is 0 Å². The Morgan fingerprint density at radius 1 is 1.55 bits per heavy atom. The lowest BCUT2D eigenvalue weighted by atomic mass is 10.4. The Bertz CT molecular complexity index is 121. The predicted molar refractivity (Wildman–Crippen MR) is 32.8 cm³/mol. The van der Waals surface area contributed by atoms with Crippen LogP contribution in [-0.2, 0) is 9.47 Å². The highest BCUT2D eigenvalue weighted by atomic mass is 19.4. The second-order valence-electron chi connectivity index (χ2n) is 1.75. The van der Waals surface area contributed by atoms with Gasteiger partial charge in [-0.25, -0.2) is 0 Å². The summed E-state index contributed by atoms with van der Waals surface area (Å²) >= 11 is 0. The minimum Gasteiger partial charge on any atom is -0.355 e. The maximum Gasteiger partial charge on any atom is 0.524 e. The zero-order valence-corrected chi connectivity index (χ0v) is 6.02. The lowest BCUT2D eigenvalue weighted by Crippen LogP contribution is -2.24. The fourth-order valence-electron chi connectivity index (χ4n) is 0.478. The number of methoxy groups -OCH3 is 1. The van der Waals surface area contributed by atoms with Gasteiger partial charge in [-0.1, -0.05) is 6.08 Å². The lowest BCUT2D eigenvalue weighted by molar-refractivity contribution is -0.374. The fraction of sp³-hybridized carbons (Fsp3) is 0.667. The molecule has 0 spiro atoms. The first-order valence-electron chi connectivity index (χ1n) is 2.88. The molecular formula is C6H9F3O2. The van der Waals surface area contributed by atoms with E-state index in [4.69, 9.17) is 0 Å². The molecule has 11 heavy (non-hydrogen) atoms. The number of hydrogen-bond acceptors (Lipinski definition) is 2. The summed E-state index contributed by atoms with van der Waals surface area (Å²) in [6.45, 7) is 3.25. The van der Waals surface area contributed by atoms with E-state index in [0.29, 0.717) is 0 Å². The Labute approximate surface area is 62.6 Å². The van der Waals surface area contributed by atoms with Gasteiger partial charge in [0.05, 0.1) is 0 Å². The van der Waals surface area contributed by atoms with Crippen LogP contribution < -0.4 is 0 Å². The van der Waals surface area contributed by atoms with Gasteiger partial charge < -0.3 is 4.74 Å². The molecule has 1 unspecified atom stereocenters. The molecule has 5 heteroatoms. The van der Waals surface area contributed by atoms with E-state index in [1.54, 1.807) is 0 Å². The summed E-state index contributed by atoms with van der Waals surface area (Å²) in [5, 5.41) is 0. The molecule has 0 bridgehead atoms. The maximum atomic E-state index is 11.5. The van der Waals surface area contributed by atoms with E-state index >= 15 is 0 Å². The average Bonchev–Trinajstić information content (AvgIpc) is 1.84. The smallest absolute Gasteiger partial charge is 0.355 e. The highest BCUT2D eigenvalue weighted by molar-refractivity contribution is 4.68. The van der Waals surface area contributed by atoms with E-state index < -0.39 is 12.7 Å². The molecule has 0 aliphatic carbocycles. The quantitative estimate of drug-likeness (QED) is 0.475. The molecule has 0 amide bonds. The van der Waals surface area contributed by atoms with Gasteiger partial charge >= 0.3 is 6.36 Å². The number of halogens is 3. The van der Waals surface area contributed by atoms with Gasteiger partial charge in [-0.15, -0.1) is 19.8 Å². The Hall–Kier alpha value is -0.550. The monoisotopic (exact) mass is 170 g/mol. The molecule has 0 N–H and O–H groups in total. The van der Waals surface area contributed by atoms with Crippen LogP contribution in [0.4, 0.5) is 13.2 Å². The van der Waals surface area contributed by atoms with Crippen molar-refractivity contribution in [3.8, 4) is 0 Å². The summed E-state index contributed by atoms with van der Waals surface area (Å²) in [5.41, 5.74) is 0. The lowest BCUT2D eigenvalue weighted by Gasteiger charge is -2.15. The minimum absolute atomic E-state index is 0.00993. The second kappa shape index (κ2) is 4.35. The SMILES string of the molecule is C=CCC(OC)OC(F)(F)F. The summed E-state index contributed by atoms with van der Waals surface area (Å²) < 4.78 is 42.3. The predicted octanol–water partition coefficient (Wildman–Crippen LogP) is 2.07. The molecular weight excluding hydrogens is 161 g/mol. The normalized spacial score (nSPS) is 14.5. The first-order chi connectivity index (χ1) is 4.99. The van der Waals surface area contributed by atoms with Crippen molar-refractivity contribution < 1.29 is 22.6 Å². The van der Waals surface area contributed by atoms with Crippen molar-refractivity contribution in [2.75, 3.05) is 7.11 Å². The van der Waals surface area contributed by atoms with Crippen molar-refractivity contribution in [3.63, 3.8) is 0 Å². The van der Waals surface area contributed by atoms with Crippen LogP contribution in [0.5, 0.6) is 0 Å². The molecule has 0 aromatic heterocycles. The van der Waals surface area contributed by atoms with Crippen LogP contribution in [0.25, 0.3) is 0 Å². The van der Waals surface area contributed by atoms with E-state index in [-0.39, 0.29) is 6.42 Å². The number of hydrogen-bond donors (Lipinski definition) is 0. The molecule has 0 radical (unpaired) electrons. The molecule has 0 aromatic rings. The molecule has 0 saturated heterocycles. The van der Waals surface area contributed by atoms with Crippen LogP contribution in [0.1, 0.15) is 6.42 Å². The van der Waals surface area contributed by atoms with Crippen LogP contribution >= 0.6 is 0 Å². The van der Waals surface area contributed by atoms with Gasteiger partial charge in [0.15, 0.2) is 6.29 Å². The van der Waals surface area contributed by atoms with E-state index in [2.05, 4.69) is 16.1 Å². The summed E-state index contributed by atoms with van der Waals surface area (Å²) in [5.74, 6) is 0. The summed E-state index contributed by atoms with van der Waals surface area (Å²) in [7, 11) is 1.14. The zero-order valence-electron chi connectivity index (χ0n) is 6.02. The minimum atomic E-state index is -4.65. The van der Waals surface area contributed by atoms with Gasteiger partial charge in [0, 0.05) is 13.5 Å². The summed E-state index contributed by atoms with van der Waals surface area (Å²) in [6, 6.07) is 0. The first kappa shape index (κ1) is 10.4. The third kappa shape index (κ3) is 5.87. The highest BCUT2D eigenvalue weighted by Gasteiger charge is 2.33. The Morgan fingerprint density at radius 3 is 2.36 bits per heavy atom. The fourth-order valence-corrected chi connectivity index (χ4v) is 0.478. The molecule has 0 heterocycles. The Morgan fingerprint density at radius 2 is 2.09 bits per heavy atom. The van der Waals surface area contributed by atoms with Crippen LogP contribution in [-0.4, -0.2) is 19.8 Å². The zero-order chi connectivity index (χ0) is 8.91. The second-order valence-corrected chi connectivity index (χ2v) is 1.75. The third-order valence-corrected chi connectivity index (χ3v) is 0.887. The molecule has 0 saturated carbocycles.